The van der Waals surface area contributed by atoms with Gasteiger partial charge in [-0.2, -0.15) is 0 Å². The lowest BCUT2D eigenvalue weighted by molar-refractivity contribution is -0.109. The highest BCUT2D eigenvalue weighted by Crippen LogP contribution is 2.27. The van der Waals surface area contributed by atoms with Gasteiger partial charge in [0.05, 0.1) is 11.6 Å². The number of hydrogen-bond acceptors (Lipinski definition) is 5. The fraction of sp³-hybridized carbons (Fsp3) is 0.308. The zero-order valence-corrected chi connectivity index (χ0v) is 19.3. The molecule has 1 aliphatic rings. The van der Waals surface area contributed by atoms with Crippen LogP contribution in [0.3, 0.4) is 0 Å². The summed E-state index contributed by atoms with van der Waals surface area (Å²) in [6, 6.07) is 12.2. The van der Waals surface area contributed by atoms with Crippen LogP contribution in [0.5, 0.6) is 0 Å². The standard InChI is InChI=1S/C26H26N4O5/c1-15-10-16(12-22-23(15)29-26(34)35-22)11-19(14-31)27-25(33)30-8-6-17(7-9-30)20-13-18-4-2-3-5-21(18)28-24(20)32/h2-5,10,12-14,17,19H,6-9,11H2,1H3,(H,27,33)(H,28,32)(H,29,34)/t19-/m1/s1. The molecule has 5 rings (SSSR count). The van der Waals surface area contributed by atoms with Crippen molar-refractivity contribution in [2.75, 3.05) is 13.1 Å². The molecule has 1 aliphatic heterocycles. The van der Waals surface area contributed by atoms with Gasteiger partial charge >= 0.3 is 11.8 Å². The van der Waals surface area contributed by atoms with Crippen molar-refractivity contribution >= 4 is 34.3 Å². The number of benzene rings is 2. The number of aromatic nitrogens is 2. The predicted octanol–water partition coefficient (Wildman–Crippen LogP) is 2.97. The number of pyridine rings is 1. The van der Waals surface area contributed by atoms with Crippen molar-refractivity contribution < 1.29 is 14.0 Å². The summed E-state index contributed by atoms with van der Waals surface area (Å²) in [6.07, 6.45) is 2.34. The van der Waals surface area contributed by atoms with Crippen LogP contribution in [0.4, 0.5) is 4.79 Å². The molecule has 0 aliphatic carbocycles. The van der Waals surface area contributed by atoms with E-state index in [0.717, 1.165) is 27.6 Å². The number of oxazole rings is 1. The molecule has 0 unspecified atom stereocenters. The number of amides is 2. The van der Waals surface area contributed by atoms with Gasteiger partial charge in [-0.25, -0.2) is 9.59 Å². The fourth-order valence-corrected chi connectivity index (χ4v) is 4.91. The molecule has 1 fully saturated rings. The maximum absolute atomic E-state index is 12.8. The number of rotatable bonds is 5. The molecule has 2 aromatic carbocycles. The second kappa shape index (κ2) is 9.25. The third-order valence-electron chi connectivity index (χ3n) is 6.72. The largest absolute Gasteiger partial charge is 0.417 e. The number of nitrogens with zero attached hydrogens (tertiary/aromatic N) is 1. The number of fused-ring (bicyclic) bond motifs is 2. The van der Waals surface area contributed by atoms with E-state index in [0.29, 0.717) is 43.3 Å². The summed E-state index contributed by atoms with van der Waals surface area (Å²) in [5.74, 6) is -0.463. The number of urea groups is 1. The van der Waals surface area contributed by atoms with Crippen LogP contribution in [0.15, 0.2) is 56.5 Å². The van der Waals surface area contributed by atoms with Crippen molar-refractivity contribution in [3.05, 3.63) is 80.1 Å². The molecule has 2 amide bonds. The topological polar surface area (TPSA) is 128 Å². The first-order chi connectivity index (χ1) is 16.9. The predicted molar refractivity (Wildman–Crippen MR) is 132 cm³/mol. The molecular formula is C26H26N4O5. The summed E-state index contributed by atoms with van der Waals surface area (Å²) in [6.45, 7) is 2.83. The summed E-state index contributed by atoms with van der Waals surface area (Å²) in [5.41, 5.74) is 4.13. The molecule has 0 spiro atoms. The molecule has 0 saturated carbocycles. The Morgan fingerprint density at radius 2 is 1.94 bits per heavy atom. The highest BCUT2D eigenvalue weighted by molar-refractivity contribution is 5.80. The van der Waals surface area contributed by atoms with E-state index in [4.69, 9.17) is 4.42 Å². The molecule has 3 N–H and O–H groups in total. The number of piperidine rings is 1. The zero-order chi connectivity index (χ0) is 24.5. The minimum atomic E-state index is -0.717. The van der Waals surface area contributed by atoms with E-state index in [1.54, 1.807) is 11.0 Å². The zero-order valence-electron chi connectivity index (χ0n) is 19.3. The summed E-state index contributed by atoms with van der Waals surface area (Å²) < 4.78 is 5.14. The van der Waals surface area contributed by atoms with Gasteiger partial charge in [-0.3, -0.25) is 9.78 Å². The maximum Gasteiger partial charge on any atom is 0.417 e. The van der Waals surface area contributed by atoms with Crippen LogP contribution in [-0.2, 0) is 11.2 Å². The molecule has 3 heterocycles. The van der Waals surface area contributed by atoms with Crippen LogP contribution in [0.2, 0.25) is 0 Å². The van der Waals surface area contributed by atoms with Crippen molar-refractivity contribution in [3.63, 3.8) is 0 Å². The first-order valence-corrected chi connectivity index (χ1v) is 11.7. The molecule has 9 nitrogen and oxygen atoms in total. The number of carbonyl (C=O) groups excluding carboxylic acids is 2. The van der Waals surface area contributed by atoms with E-state index in [2.05, 4.69) is 15.3 Å². The van der Waals surface area contributed by atoms with E-state index in [-0.39, 0.29) is 23.9 Å². The molecule has 1 saturated heterocycles. The highest BCUT2D eigenvalue weighted by atomic mass is 16.4. The number of aryl methyl sites for hydroxylation is 1. The maximum atomic E-state index is 12.8. The van der Waals surface area contributed by atoms with Gasteiger partial charge in [0.2, 0.25) is 0 Å². The Labute approximate surface area is 200 Å². The van der Waals surface area contributed by atoms with E-state index in [1.807, 2.05) is 43.3 Å². The van der Waals surface area contributed by atoms with Gasteiger partial charge < -0.3 is 24.4 Å². The Morgan fingerprint density at radius 1 is 1.17 bits per heavy atom. The summed E-state index contributed by atoms with van der Waals surface area (Å²) in [5, 5.41) is 3.79. The number of hydrogen-bond donors (Lipinski definition) is 3. The molecule has 180 valence electrons. The van der Waals surface area contributed by atoms with Crippen molar-refractivity contribution in [3.8, 4) is 0 Å². The van der Waals surface area contributed by atoms with Crippen LogP contribution >= 0.6 is 0 Å². The number of nitrogens with one attached hydrogen (secondary N) is 3. The quantitative estimate of drug-likeness (QED) is 0.383. The van der Waals surface area contributed by atoms with E-state index < -0.39 is 11.8 Å². The van der Waals surface area contributed by atoms with Crippen LogP contribution < -0.4 is 16.6 Å². The number of aromatic amines is 2. The Balaban J connectivity index is 1.22. The average molecular weight is 475 g/mol. The molecule has 0 bridgehead atoms. The lowest BCUT2D eigenvalue weighted by Crippen LogP contribution is -2.49. The van der Waals surface area contributed by atoms with Gasteiger partial charge in [0.1, 0.15) is 6.29 Å². The summed E-state index contributed by atoms with van der Waals surface area (Å²) in [4.78, 5) is 55.9. The van der Waals surface area contributed by atoms with Crippen LogP contribution in [-0.4, -0.2) is 46.3 Å². The van der Waals surface area contributed by atoms with E-state index in [9.17, 15) is 19.2 Å². The van der Waals surface area contributed by atoms with E-state index >= 15 is 0 Å². The van der Waals surface area contributed by atoms with Crippen LogP contribution in [0, 0.1) is 6.92 Å². The Hall–Kier alpha value is -4.14. The molecule has 1 atom stereocenters. The van der Waals surface area contributed by atoms with Crippen molar-refractivity contribution in [1.82, 2.24) is 20.2 Å². The van der Waals surface area contributed by atoms with Gasteiger partial charge in [0.25, 0.3) is 5.56 Å². The van der Waals surface area contributed by atoms with Gasteiger partial charge in [-0.05, 0) is 66.8 Å². The number of likely N-dealkylation sites (tertiary alicyclic amines) is 1. The van der Waals surface area contributed by atoms with Crippen molar-refractivity contribution in [1.29, 1.82) is 0 Å². The number of carbonyl (C=O) groups is 2. The Kier molecular flexibility index (Phi) is 5.98. The van der Waals surface area contributed by atoms with Gasteiger partial charge in [0, 0.05) is 24.2 Å². The third-order valence-corrected chi connectivity index (χ3v) is 6.72. The van der Waals surface area contributed by atoms with Gasteiger partial charge in [0.15, 0.2) is 5.58 Å². The minimum Gasteiger partial charge on any atom is -0.408 e. The Bertz CT molecular complexity index is 1520. The highest BCUT2D eigenvalue weighted by Gasteiger charge is 2.27. The molecule has 35 heavy (non-hydrogen) atoms. The monoisotopic (exact) mass is 474 g/mol. The van der Waals surface area contributed by atoms with E-state index in [1.165, 1.54) is 0 Å². The van der Waals surface area contributed by atoms with Gasteiger partial charge in [-0.1, -0.05) is 24.3 Å². The molecule has 2 aromatic heterocycles. The first-order valence-electron chi connectivity index (χ1n) is 11.7. The van der Waals surface area contributed by atoms with Crippen molar-refractivity contribution in [2.24, 2.45) is 0 Å². The average Bonchev–Trinajstić information content (AvgIpc) is 3.24. The second-order valence-electron chi connectivity index (χ2n) is 9.10. The molecule has 4 aromatic rings. The molecular weight excluding hydrogens is 448 g/mol. The summed E-state index contributed by atoms with van der Waals surface area (Å²) in [7, 11) is 0. The summed E-state index contributed by atoms with van der Waals surface area (Å²) >= 11 is 0. The first kappa shape index (κ1) is 22.6. The second-order valence-corrected chi connectivity index (χ2v) is 9.10. The fourth-order valence-electron chi connectivity index (χ4n) is 4.91. The Morgan fingerprint density at radius 3 is 2.71 bits per heavy atom. The van der Waals surface area contributed by atoms with Crippen LogP contribution in [0.25, 0.3) is 22.0 Å². The number of aldehydes is 1. The normalized spacial score (nSPS) is 15.4. The molecule has 9 heteroatoms. The number of H-pyrrole nitrogens is 2. The lowest BCUT2D eigenvalue weighted by atomic mass is 9.89. The SMILES string of the molecule is Cc1cc(C[C@H](C=O)NC(=O)N2CCC(c3cc4ccccc4[nH]c3=O)CC2)cc2oc(=O)[nH]c12. The number of para-hydroxylation sites is 1. The lowest BCUT2D eigenvalue weighted by Gasteiger charge is -2.32. The van der Waals surface area contributed by atoms with Gasteiger partial charge in [-0.15, -0.1) is 0 Å². The minimum absolute atomic E-state index is 0.0694. The molecule has 0 radical (unpaired) electrons. The smallest absolute Gasteiger partial charge is 0.408 e. The van der Waals surface area contributed by atoms with Crippen molar-refractivity contribution in [2.45, 2.75) is 38.1 Å². The third kappa shape index (κ3) is 4.62. The van der Waals surface area contributed by atoms with Crippen LogP contribution in [0.1, 0.15) is 35.4 Å².